The summed E-state index contributed by atoms with van der Waals surface area (Å²) in [6.07, 6.45) is 3.81. The summed E-state index contributed by atoms with van der Waals surface area (Å²) in [4.78, 5) is 2.54. The number of rotatable bonds is 3. The van der Waals surface area contributed by atoms with Crippen LogP contribution in [0.2, 0.25) is 0 Å². The number of hydrogen-bond acceptors (Lipinski definition) is 2. The second-order valence-corrected chi connectivity index (χ2v) is 5.94. The molecule has 0 bridgehead atoms. The van der Waals surface area contributed by atoms with Gasteiger partial charge in [-0.3, -0.25) is 0 Å². The van der Waals surface area contributed by atoms with Crippen molar-refractivity contribution in [2.75, 3.05) is 24.5 Å². The highest BCUT2D eigenvalue weighted by molar-refractivity contribution is 5.54. The van der Waals surface area contributed by atoms with Gasteiger partial charge in [0.05, 0.1) is 0 Å². The molecule has 0 aliphatic carbocycles. The van der Waals surface area contributed by atoms with E-state index in [-0.39, 0.29) is 0 Å². The maximum absolute atomic E-state index is 3.46. The van der Waals surface area contributed by atoms with E-state index in [2.05, 4.69) is 42.3 Å². The van der Waals surface area contributed by atoms with E-state index in [4.69, 9.17) is 0 Å². The SMILES string of the molecule is CCC1(CC)CN(c2ccc3c(c2)CNCC3)C1. The van der Waals surface area contributed by atoms with E-state index in [1.54, 1.807) is 0 Å². The first-order chi connectivity index (χ1) is 8.76. The predicted octanol–water partition coefficient (Wildman–Crippen LogP) is 2.96. The van der Waals surface area contributed by atoms with Gasteiger partial charge in [-0.1, -0.05) is 19.9 Å². The van der Waals surface area contributed by atoms with Gasteiger partial charge in [0.1, 0.15) is 0 Å². The Morgan fingerprint density at radius 1 is 1.17 bits per heavy atom. The third-order valence-electron chi connectivity index (χ3n) is 4.99. The molecule has 1 N–H and O–H groups in total. The number of nitrogens with zero attached hydrogens (tertiary/aromatic N) is 1. The van der Waals surface area contributed by atoms with Crippen LogP contribution in [0.4, 0.5) is 5.69 Å². The summed E-state index contributed by atoms with van der Waals surface area (Å²) in [6.45, 7) is 9.32. The topological polar surface area (TPSA) is 15.3 Å². The van der Waals surface area contributed by atoms with Gasteiger partial charge in [-0.15, -0.1) is 0 Å². The zero-order valence-corrected chi connectivity index (χ0v) is 11.6. The van der Waals surface area contributed by atoms with Crippen molar-refractivity contribution >= 4 is 5.69 Å². The van der Waals surface area contributed by atoms with Crippen LogP contribution in [0, 0.1) is 5.41 Å². The molecule has 2 heteroatoms. The summed E-state index contributed by atoms with van der Waals surface area (Å²) in [5, 5.41) is 3.46. The minimum atomic E-state index is 0.591. The molecule has 3 rings (SSSR count). The molecule has 1 saturated heterocycles. The van der Waals surface area contributed by atoms with Crippen molar-refractivity contribution in [2.24, 2.45) is 5.41 Å². The van der Waals surface area contributed by atoms with Crippen molar-refractivity contribution in [2.45, 2.75) is 39.7 Å². The van der Waals surface area contributed by atoms with Gasteiger partial charge in [-0.25, -0.2) is 0 Å². The fourth-order valence-corrected chi connectivity index (χ4v) is 3.31. The molecule has 98 valence electrons. The lowest BCUT2D eigenvalue weighted by atomic mass is 9.75. The third kappa shape index (κ3) is 1.93. The van der Waals surface area contributed by atoms with Crippen molar-refractivity contribution in [3.8, 4) is 0 Å². The number of fused-ring (bicyclic) bond motifs is 1. The van der Waals surface area contributed by atoms with Gasteiger partial charge in [0, 0.05) is 30.7 Å². The van der Waals surface area contributed by atoms with Crippen LogP contribution in [0.15, 0.2) is 18.2 Å². The zero-order valence-electron chi connectivity index (χ0n) is 11.6. The molecule has 0 atom stereocenters. The number of benzene rings is 1. The lowest BCUT2D eigenvalue weighted by Crippen LogP contribution is -2.56. The normalized spacial score (nSPS) is 21.3. The molecular formula is C16H24N2. The van der Waals surface area contributed by atoms with Crippen LogP contribution in [-0.4, -0.2) is 19.6 Å². The number of anilines is 1. The summed E-state index contributed by atoms with van der Waals surface area (Å²) in [6, 6.07) is 7.06. The molecule has 2 aliphatic rings. The highest BCUT2D eigenvalue weighted by atomic mass is 15.2. The second kappa shape index (κ2) is 4.58. The van der Waals surface area contributed by atoms with Crippen LogP contribution in [0.3, 0.4) is 0 Å². The highest BCUT2D eigenvalue weighted by Crippen LogP contribution is 2.40. The fraction of sp³-hybridized carbons (Fsp3) is 0.625. The van der Waals surface area contributed by atoms with Crippen LogP contribution >= 0.6 is 0 Å². The van der Waals surface area contributed by atoms with Gasteiger partial charge in [-0.2, -0.15) is 0 Å². The Balaban J connectivity index is 1.75. The van der Waals surface area contributed by atoms with Crippen molar-refractivity contribution < 1.29 is 0 Å². The Morgan fingerprint density at radius 3 is 2.67 bits per heavy atom. The molecule has 0 radical (unpaired) electrons. The summed E-state index contributed by atoms with van der Waals surface area (Å²) in [5.74, 6) is 0. The first kappa shape index (κ1) is 12.0. The Morgan fingerprint density at radius 2 is 1.94 bits per heavy atom. The van der Waals surface area contributed by atoms with Gasteiger partial charge >= 0.3 is 0 Å². The summed E-state index contributed by atoms with van der Waals surface area (Å²) in [7, 11) is 0. The quantitative estimate of drug-likeness (QED) is 0.879. The Kier molecular flexibility index (Phi) is 3.06. The zero-order chi connectivity index (χ0) is 12.6. The van der Waals surface area contributed by atoms with Gasteiger partial charge in [0.2, 0.25) is 0 Å². The molecule has 1 aromatic rings. The van der Waals surface area contributed by atoms with Crippen LogP contribution in [0.25, 0.3) is 0 Å². The molecule has 2 aliphatic heterocycles. The lowest BCUT2D eigenvalue weighted by molar-refractivity contribution is 0.194. The van der Waals surface area contributed by atoms with Crippen molar-refractivity contribution in [1.82, 2.24) is 5.32 Å². The van der Waals surface area contributed by atoms with E-state index in [0.717, 1.165) is 13.1 Å². The maximum Gasteiger partial charge on any atom is 0.0370 e. The highest BCUT2D eigenvalue weighted by Gasteiger charge is 2.39. The molecule has 0 aromatic heterocycles. The molecule has 0 amide bonds. The third-order valence-corrected chi connectivity index (χ3v) is 4.99. The van der Waals surface area contributed by atoms with Crippen LogP contribution in [0.5, 0.6) is 0 Å². The van der Waals surface area contributed by atoms with Crippen LogP contribution < -0.4 is 10.2 Å². The fourth-order valence-electron chi connectivity index (χ4n) is 3.31. The van der Waals surface area contributed by atoms with Crippen LogP contribution in [-0.2, 0) is 13.0 Å². The molecule has 0 unspecified atom stereocenters. The minimum absolute atomic E-state index is 0.591. The first-order valence-corrected chi connectivity index (χ1v) is 7.34. The van der Waals surface area contributed by atoms with E-state index in [0.29, 0.717) is 5.41 Å². The molecule has 1 fully saturated rings. The Bertz CT molecular complexity index is 427. The van der Waals surface area contributed by atoms with Gasteiger partial charge in [0.15, 0.2) is 0 Å². The van der Waals surface area contributed by atoms with Crippen molar-refractivity contribution in [1.29, 1.82) is 0 Å². The Hall–Kier alpha value is -1.02. The molecule has 18 heavy (non-hydrogen) atoms. The molecule has 1 aromatic carbocycles. The van der Waals surface area contributed by atoms with Gasteiger partial charge in [-0.05, 0) is 49.1 Å². The maximum atomic E-state index is 3.46. The second-order valence-electron chi connectivity index (χ2n) is 5.94. The largest absolute Gasteiger partial charge is 0.370 e. The average Bonchev–Trinajstić information content (AvgIpc) is 2.38. The minimum Gasteiger partial charge on any atom is -0.370 e. The van der Waals surface area contributed by atoms with Crippen LogP contribution in [0.1, 0.15) is 37.8 Å². The average molecular weight is 244 g/mol. The Labute approximate surface area is 110 Å². The van der Waals surface area contributed by atoms with Gasteiger partial charge in [0.25, 0.3) is 0 Å². The van der Waals surface area contributed by atoms with Crippen molar-refractivity contribution in [3.63, 3.8) is 0 Å². The van der Waals surface area contributed by atoms with E-state index in [1.807, 2.05) is 0 Å². The number of nitrogens with one attached hydrogen (secondary N) is 1. The predicted molar refractivity (Wildman–Crippen MR) is 77.1 cm³/mol. The van der Waals surface area contributed by atoms with Gasteiger partial charge < -0.3 is 10.2 Å². The monoisotopic (exact) mass is 244 g/mol. The molecule has 2 nitrogen and oxygen atoms in total. The standard InChI is InChI=1S/C16H24N2/c1-3-16(4-2)11-18(12-16)15-6-5-13-7-8-17-10-14(13)9-15/h5-6,9,17H,3-4,7-8,10-12H2,1-2H3. The first-order valence-electron chi connectivity index (χ1n) is 7.34. The molecule has 2 heterocycles. The van der Waals surface area contributed by atoms with E-state index >= 15 is 0 Å². The molecule has 0 spiro atoms. The summed E-state index contributed by atoms with van der Waals surface area (Å²) < 4.78 is 0. The molecular weight excluding hydrogens is 220 g/mol. The summed E-state index contributed by atoms with van der Waals surface area (Å²) in [5.41, 5.74) is 5.06. The van der Waals surface area contributed by atoms with Crippen molar-refractivity contribution in [3.05, 3.63) is 29.3 Å². The number of hydrogen-bond donors (Lipinski definition) is 1. The van der Waals surface area contributed by atoms with E-state index in [9.17, 15) is 0 Å². The summed E-state index contributed by atoms with van der Waals surface area (Å²) >= 11 is 0. The van der Waals surface area contributed by atoms with E-state index in [1.165, 1.54) is 49.2 Å². The lowest BCUT2D eigenvalue weighted by Gasteiger charge is -2.51. The van der Waals surface area contributed by atoms with E-state index < -0.39 is 0 Å². The smallest absolute Gasteiger partial charge is 0.0370 e. The molecule has 0 saturated carbocycles.